The summed E-state index contributed by atoms with van der Waals surface area (Å²) in [7, 11) is 2.72. The van der Waals surface area contributed by atoms with Crippen LogP contribution in [0, 0.1) is 0 Å². The molecule has 0 aromatic heterocycles. The van der Waals surface area contributed by atoms with Crippen molar-refractivity contribution in [3.8, 4) is 23.0 Å². The van der Waals surface area contributed by atoms with E-state index in [2.05, 4.69) is 0 Å². The Labute approximate surface area is 280 Å². The van der Waals surface area contributed by atoms with E-state index < -0.39 is 80.4 Å². The van der Waals surface area contributed by atoms with E-state index in [4.69, 9.17) is 28.4 Å². The highest BCUT2D eigenvalue weighted by Gasteiger charge is 2.46. The van der Waals surface area contributed by atoms with E-state index in [1.807, 2.05) is 0 Å². The first kappa shape index (κ1) is 37.7. The van der Waals surface area contributed by atoms with Crippen molar-refractivity contribution in [1.82, 2.24) is 0 Å². The van der Waals surface area contributed by atoms with Gasteiger partial charge in [-0.15, -0.1) is 0 Å². The number of hydrogen-bond donors (Lipinski definition) is 9. The van der Waals surface area contributed by atoms with Crippen LogP contribution in [0.3, 0.4) is 0 Å². The van der Waals surface area contributed by atoms with Crippen LogP contribution in [0.5, 0.6) is 23.0 Å². The number of hydrogen-bond acceptors (Lipinski definition) is 16. The molecular weight excluding hydrogens is 652 g/mol. The van der Waals surface area contributed by atoms with E-state index in [0.717, 1.165) is 6.08 Å². The van der Waals surface area contributed by atoms with Crippen LogP contribution in [0.1, 0.15) is 11.1 Å². The molecule has 2 aliphatic rings. The van der Waals surface area contributed by atoms with Crippen molar-refractivity contribution in [2.45, 2.75) is 61.4 Å². The van der Waals surface area contributed by atoms with E-state index in [1.54, 1.807) is 12.1 Å². The molecule has 16 nitrogen and oxygen atoms in total. The summed E-state index contributed by atoms with van der Waals surface area (Å²) in [6.07, 6.45) is -8.30. The summed E-state index contributed by atoms with van der Waals surface area (Å²) in [6.45, 7) is -1.23. The predicted molar refractivity (Wildman–Crippen MR) is 169 cm³/mol. The monoisotopic (exact) mass is 692 g/mol. The molecule has 2 heterocycles. The maximum absolute atomic E-state index is 12.5. The molecule has 2 saturated heterocycles. The minimum Gasteiger partial charge on any atom is -0.508 e. The molecule has 2 aromatic carbocycles. The molecule has 268 valence electrons. The summed E-state index contributed by atoms with van der Waals surface area (Å²) >= 11 is 0. The lowest BCUT2D eigenvalue weighted by molar-refractivity contribution is -0.277. The second kappa shape index (κ2) is 17.0. The van der Waals surface area contributed by atoms with E-state index in [0.29, 0.717) is 11.1 Å². The van der Waals surface area contributed by atoms with Crippen LogP contribution < -0.4 is 18.9 Å². The van der Waals surface area contributed by atoms with Crippen molar-refractivity contribution in [3.63, 3.8) is 0 Å². The molecule has 0 unspecified atom stereocenters. The van der Waals surface area contributed by atoms with Gasteiger partial charge in [0, 0.05) is 6.08 Å². The number of carbonyl (C=O) groups excluding carboxylic acids is 1. The highest BCUT2D eigenvalue weighted by Crippen LogP contribution is 2.34. The third kappa shape index (κ3) is 9.14. The van der Waals surface area contributed by atoms with Gasteiger partial charge in [-0.25, -0.2) is 0 Å². The summed E-state index contributed by atoms with van der Waals surface area (Å²) in [6, 6.07) is 9.13. The Morgan fingerprint density at radius 3 is 1.49 bits per heavy atom. The van der Waals surface area contributed by atoms with Crippen LogP contribution in [0.15, 0.2) is 60.4 Å². The van der Waals surface area contributed by atoms with E-state index in [9.17, 15) is 50.8 Å². The maximum atomic E-state index is 12.5. The Morgan fingerprint density at radius 1 is 0.653 bits per heavy atom. The van der Waals surface area contributed by atoms with Crippen LogP contribution in [-0.2, 0) is 14.3 Å². The van der Waals surface area contributed by atoms with Crippen molar-refractivity contribution in [1.29, 1.82) is 0 Å². The van der Waals surface area contributed by atoms with Gasteiger partial charge in [0.05, 0.1) is 27.4 Å². The van der Waals surface area contributed by atoms with Crippen molar-refractivity contribution < 1.29 is 79.2 Å². The third-order valence-electron chi connectivity index (χ3n) is 7.74. The molecule has 2 fully saturated rings. The molecule has 2 aromatic rings. The predicted octanol–water partition coefficient (Wildman–Crippen LogP) is -1.20. The van der Waals surface area contributed by atoms with E-state index in [-0.39, 0.29) is 28.8 Å². The molecule has 0 bridgehead atoms. The number of aliphatic hydroxyl groups excluding tert-OH is 9. The first-order valence-corrected chi connectivity index (χ1v) is 15.0. The first-order chi connectivity index (χ1) is 23.4. The van der Waals surface area contributed by atoms with Gasteiger partial charge in [0.2, 0.25) is 12.6 Å². The normalized spacial score (nSPS) is 30.8. The highest BCUT2D eigenvalue weighted by molar-refractivity contribution is 6.02. The largest absolute Gasteiger partial charge is 0.508 e. The van der Waals surface area contributed by atoms with Crippen molar-refractivity contribution in [3.05, 3.63) is 71.5 Å². The Bertz CT molecular complexity index is 1500. The summed E-state index contributed by atoms with van der Waals surface area (Å²) in [5.74, 6) is -0.299. The topological polar surface area (TPSA) is 255 Å². The molecule has 16 heteroatoms. The smallest absolute Gasteiger partial charge is 0.229 e. The number of benzene rings is 2. The highest BCUT2D eigenvalue weighted by atomic mass is 16.7. The summed E-state index contributed by atoms with van der Waals surface area (Å²) in [5.41, 5.74) is 1.03. The van der Waals surface area contributed by atoms with Gasteiger partial charge < -0.3 is 74.4 Å². The SMILES string of the molecule is COc1cc(/C=C/C(=O)/C=C(O)/C=C/c2ccc(O[C@@H]3O[C@H](CO)[C@H](O)[C@H](O)[C@H]3O)c(OC)c2)ccc1O[C@@H]1O[C@H](CO)[C@H](O)[C@H](O)[C@H]1O. The van der Waals surface area contributed by atoms with Gasteiger partial charge in [-0.2, -0.15) is 0 Å². The maximum Gasteiger partial charge on any atom is 0.229 e. The standard InChI is InChI=1S/C33H40O16/c1-44-22-11-16(5-9-20(22)46-32-30(42)28(40)26(38)24(14-34)48-32)3-7-18(36)13-19(37)8-4-17-6-10-21(23(12-17)45-2)47-33-31(43)29(41)27(39)25(15-35)49-33/h3-13,24-36,38-43H,14-15H2,1-2H3/b7-3+,8-4+,18-13-/t24-,25-,26+,27+,28+,29+,30-,31-,32-,33-/m1/s1. The number of allylic oxidation sites excluding steroid dienone is 3. The minimum atomic E-state index is -1.62. The molecule has 0 amide bonds. The molecule has 4 rings (SSSR count). The number of aliphatic hydroxyl groups is 9. The van der Waals surface area contributed by atoms with Crippen molar-refractivity contribution >= 4 is 17.9 Å². The zero-order valence-electron chi connectivity index (χ0n) is 26.4. The fourth-order valence-electron chi connectivity index (χ4n) is 4.95. The quantitative estimate of drug-likeness (QED) is 0.0679. The molecule has 2 aliphatic heterocycles. The molecule has 10 atom stereocenters. The van der Waals surface area contributed by atoms with Crippen LogP contribution >= 0.6 is 0 Å². The number of methoxy groups -OCH3 is 2. The molecule has 9 N–H and O–H groups in total. The zero-order chi connectivity index (χ0) is 35.8. The Balaban J connectivity index is 1.37. The third-order valence-corrected chi connectivity index (χ3v) is 7.74. The second-order valence-corrected chi connectivity index (χ2v) is 11.1. The van der Waals surface area contributed by atoms with Gasteiger partial charge in [-0.1, -0.05) is 24.3 Å². The summed E-state index contributed by atoms with van der Waals surface area (Å²) < 4.78 is 32.7. The van der Waals surface area contributed by atoms with E-state index >= 15 is 0 Å². The first-order valence-electron chi connectivity index (χ1n) is 15.0. The molecule has 0 saturated carbocycles. The molecule has 0 spiro atoms. The Kier molecular flexibility index (Phi) is 13.1. The summed E-state index contributed by atoms with van der Waals surface area (Å²) in [4.78, 5) is 12.5. The molecule has 0 radical (unpaired) electrons. The minimum absolute atomic E-state index is 0.114. The Morgan fingerprint density at radius 2 is 1.08 bits per heavy atom. The van der Waals surface area contributed by atoms with Gasteiger partial charge in [0.25, 0.3) is 0 Å². The lowest BCUT2D eigenvalue weighted by Crippen LogP contribution is -2.60. The fourth-order valence-corrected chi connectivity index (χ4v) is 4.95. The molecule has 49 heavy (non-hydrogen) atoms. The van der Waals surface area contributed by atoms with E-state index in [1.165, 1.54) is 62.8 Å². The van der Waals surface area contributed by atoms with Gasteiger partial charge >= 0.3 is 0 Å². The van der Waals surface area contributed by atoms with Gasteiger partial charge in [-0.3, -0.25) is 4.79 Å². The van der Waals surface area contributed by atoms with Crippen LogP contribution in [-0.4, -0.2) is 141 Å². The Hall–Kier alpha value is -4.07. The average molecular weight is 693 g/mol. The van der Waals surface area contributed by atoms with Gasteiger partial charge in [0.15, 0.2) is 28.8 Å². The molecular formula is C33H40O16. The second-order valence-electron chi connectivity index (χ2n) is 11.1. The van der Waals surface area contributed by atoms with Crippen LogP contribution in [0.4, 0.5) is 0 Å². The number of carbonyl (C=O) groups is 1. The number of ether oxygens (including phenoxy) is 6. The summed E-state index contributed by atoms with van der Waals surface area (Å²) in [5, 5.41) is 89.5. The molecule has 0 aliphatic carbocycles. The number of rotatable bonds is 13. The number of ketones is 1. The van der Waals surface area contributed by atoms with Crippen LogP contribution in [0.2, 0.25) is 0 Å². The lowest BCUT2D eigenvalue weighted by atomic mass is 9.99. The van der Waals surface area contributed by atoms with Crippen LogP contribution in [0.25, 0.3) is 12.2 Å². The zero-order valence-corrected chi connectivity index (χ0v) is 26.4. The van der Waals surface area contributed by atoms with Crippen molar-refractivity contribution in [2.24, 2.45) is 0 Å². The van der Waals surface area contributed by atoms with Gasteiger partial charge in [-0.05, 0) is 47.5 Å². The van der Waals surface area contributed by atoms with Crippen molar-refractivity contribution in [2.75, 3.05) is 27.4 Å². The van der Waals surface area contributed by atoms with Gasteiger partial charge in [0.1, 0.15) is 54.6 Å². The average Bonchev–Trinajstić information content (AvgIpc) is 3.10. The fraction of sp³-hybridized carbons (Fsp3) is 0.424. The lowest BCUT2D eigenvalue weighted by Gasteiger charge is -2.39.